The van der Waals surface area contributed by atoms with E-state index in [1.807, 2.05) is 0 Å². The normalized spacial score (nSPS) is 12.8. The van der Waals surface area contributed by atoms with Crippen molar-refractivity contribution < 1.29 is 13.6 Å². The molecule has 0 fully saturated rings. The molecular weight excluding hydrogens is 372 g/mol. The molecule has 1 heterocycles. The number of rotatable bonds is 8. The number of benzene rings is 1. The number of para-hydroxylation sites is 1. The van der Waals surface area contributed by atoms with Gasteiger partial charge in [-0.2, -0.15) is 0 Å². The third kappa shape index (κ3) is 4.52. The van der Waals surface area contributed by atoms with Crippen LogP contribution in [-0.2, 0) is 4.79 Å². The summed E-state index contributed by atoms with van der Waals surface area (Å²) in [6, 6.07) is 8.59. The first-order chi connectivity index (χ1) is 12.9. The summed E-state index contributed by atoms with van der Waals surface area (Å²) in [4.78, 5) is 10.8. The Hall–Kier alpha value is -2.73. The Balaban J connectivity index is 2.66. The lowest BCUT2D eigenvalue weighted by Crippen LogP contribution is -2.16. The van der Waals surface area contributed by atoms with Crippen LogP contribution >= 0.6 is 11.6 Å². The zero-order valence-corrected chi connectivity index (χ0v) is 15.8. The van der Waals surface area contributed by atoms with Gasteiger partial charge in [0.05, 0.1) is 16.4 Å². The van der Waals surface area contributed by atoms with Gasteiger partial charge in [0, 0.05) is 18.1 Å². The summed E-state index contributed by atoms with van der Waals surface area (Å²) in [7, 11) is 0. The number of carbonyl (C=O) groups is 1. The molecule has 2 rings (SSSR count). The molecule has 1 aromatic heterocycles. The van der Waals surface area contributed by atoms with Gasteiger partial charge in [-0.15, -0.1) is 5.10 Å². The Morgan fingerprint density at radius 2 is 2.11 bits per heavy atom. The first-order valence-corrected chi connectivity index (χ1v) is 8.70. The number of allylic oxidation sites excluding steroid dienone is 5. The van der Waals surface area contributed by atoms with E-state index >= 15 is 0 Å². The molecule has 27 heavy (non-hydrogen) atoms. The van der Waals surface area contributed by atoms with E-state index in [-0.39, 0.29) is 17.8 Å². The van der Waals surface area contributed by atoms with Crippen LogP contribution in [0.15, 0.2) is 60.7 Å². The fourth-order valence-corrected chi connectivity index (χ4v) is 2.73. The van der Waals surface area contributed by atoms with E-state index in [0.29, 0.717) is 28.4 Å². The highest BCUT2D eigenvalue weighted by Crippen LogP contribution is 2.33. The fourth-order valence-electron chi connectivity index (χ4n) is 2.52. The molecule has 0 atom stereocenters. The summed E-state index contributed by atoms with van der Waals surface area (Å²) in [6.45, 7) is 6.65. The Kier molecular flexibility index (Phi) is 6.69. The molecule has 0 aliphatic rings. The van der Waals surface area contributed by atoms with E-state index in [2.05, 4.69) is 17.0 Å². The average molecular weight is 392 g/mol. The maximum absolute atomic E-state index is 14.2. The molecule has 2 aromatic rings. The van der Waals surface area contributed by atoms with Crippen molar-refractivity contribution in [2.75, 3.05) is 5.32 Å². The molecule has 0 aliphatic heterocycles. The van der Waals surface area contributed by atoms with Gasteiger partial charge in [0.25, 0.3) is 5.92 Å². The van der Waals surface area contributed by atoms with Crippen LogP contribution in [0, 0.1) is 0 Å². The number of nitrogens with one attached hydrogen (secondary N) is 1. The Labute approximate surface area is 161 Å². The second kappa shape index (κ2) is 8.77. The molecule has 142 valence electrons. The summed E-state index contributed by atoms with van der Waals surface area (Å²) >= 11 is 6.27. The summed E-state index contributed by atoms with van der Waals surface area (Å²) in [5.41, 5.74) is 1.35. The lowest BCUT2D eigenvalue weighted by molar-refractivity contribution is -0.105. The van der Waals surface area contributed by atoms with E-state index < -0.39 is 5.92 Å². The SMILES string of the molecule is C=C/C(=C\C(=C/C)c1cc(NC=O)nn1-c1ccccc1Cl)C(F)(F)CC. The standard InChI is InChI=1S/C20H20ClF2N3O/c1-4-14(11-15(5-2)20(22,23)6-3)18-12-19(24-13-27)25-26(18)17-10-8-7-9-16(17)21/h4-5,7-13H,2,6H2,1,3H3,(H,24,25,27)/b14-4+,15-11+. The summed E-state index contributed by atoms with van der Waals surface area (Å²) < 4.78 is 29.9. The quantitative estimate of drug-likeness (QED) is 0.466. The van der Waals surface area contributed by atoms with Crippen molar-refractivity contribution in [1.82, 2.24) is 9.78 Å². The molecule has 0 saturated heterocycles. The van der Waals surface area contributed by atoms with Crippen LogP contribution in [0.3, 0.4) is 0 Å². The molecule has 7 heteroatoms. The molecule has 0 bridgehead atoms. The highest BCUT2D eigenvalue weighted by molar-refractivity contribution is 6.32. The van der Waals surface area contributed by atoms with Crippen molar-refractivity contribution in [2.45, 2.75) is 26.2 Å². The average Bonchev–Trinajstić information content (AvgIpc) is 3.06. The third-order valence-electron chi connectivity index (χ3n) is 4.00. The molecule has 1 N–H and O–H groups in total. The predicted molar refractivity (Wildman–Crippen MR) is 105 cm³/mol. The Bertz CT molecular complexity index is 900. The van der Waals surface area contributed by atoms with Crippen LogP contribution in [-0.4, -0.2) is 22.1 Å². The first-order valence-electron chi connectivity index (χ1n) is 8.32. The topological polar surface area (TPSA) is 46.9 Å². The van der Waals surface area contributed by atoms with Gasteiger partial charge >= 0.3 is 0 Å². The Morgan fingerprint density at radius 1 is 1.41 bits per heavy atom. The lowest BCUT2D eigenvalue weighted by atomic mass is 10.0. The number of amides is 1. The van der Waals surface area contributed by atoms with Crippen molar-refractivity contribution in [2.24, 2.45) is 0 Å². The van der Waals surface area contributed by atoms with E-state index in [9.17, 15) is 13.6 Å². The highest BCUT2D eigenvalue weighted by Gasteiger charge is 2.30. The number of carbonyl (C=O) groups excluding carboxylic acids is 1. The molecule has 0 saturated carbocycles. The van der Waals surface area contributed by atoms with Gasteiger partial charge in [-0.25, -0.2) is 13.5 Å². The maximum atomic E-state index is 14.2. The number of halogens is 3. The van der Waals surface area contributed by atoms with E-state index in [4.69, 9.17) is 11.6 Å². The molecule has 0 aliphatic carbocycles. The number of anilines is 1. The van der Waals surface area contributed by atoms with E-state index in [1.165, 1.54) is 17.7 Å². The maximum Gasteiger partial charge on any atom is 0.273 e. The minimum absolute atomic E-state index is 0.199. The van der Waals surface area contributed by atoms with Gasteiger partial charge in [-0.3, -0.25) is 4.79 Å². The lowest BCUT2D eigenvalue weighted by Gasteiger charge is -2.16. The van der Waals surface area contributed by atoms with Crippen LogP contribution in [0.4, 0.5) is 14.6 Å². The van der Waals surface area contributed by atoms with Crippen molar-refractivity contribution in [3.8, 4) is 5.69 Å². The monoisotopic (exact) mass is 391 g/mol. The van der Waals surface area contributed by atoms with Crippen molar-refractivity contribution in [1.29, 1.82) is 0 Å². The van der Waals surface area contributed by atoms with E-state index in [0.717, 1.165) is 6.08 Å². The van der Waals surface area contributed by atoms with Crippen LogP contribution in [0.5, 0.6) is 0 Å². The van der Waals surface area contributed by atoms with Crippen molar-refractivity contribution in [3.63, 3.8) is 0 Å². The molecule has 1 aromatic carbocycles. The number of nitrogens with zero attached hydrogens (tertiary/aromatic N) is 2. The smallest absolute Gasteiger partial charge is 0.273 e. The molecule has 1 amide bonds. The number of hydrogen-bond acceptors (Lipinski definition) is 2. The van der Waals surface area contributed by atoms with Gasteiger partial charge in [0.2, 0.25) is 6.41 Å². The third-order valence-corrected chi connectivity index (χ3v) is 4.32. The van der Waals surface area contributed by atoms with Gasteiger partial charge in [0.15, 0.2) is 5.82 Å². The number of aromatic nitrogens is 2. The van der Waals surface area contributed by atoms with Gasteiger partial charge in [-0.05, 0) is 30.7 Å². The molecular formula is C20H20ClF2N3O. The molecule has 0 radical (unpaired) electrons. The summed E-state index contributed by atoms with van der Waals surface area (Å²) in [5, 5.41) is 7.23. The molecule has 4 nitrogen and oxygen atoms in total. The molecule has 0 spiro atoms. The fraction of sp³-hybridized carbons (Fsp3) is 0.200. The first kappa shape index (κ1) is 20.6. The van der Waals surface area contributed by atoms with Crippen LogP contribution in [0.2, 0.25) is 5.02 Å². The summed E-state index contributed by atoms with van der Waals surface area (Å²) in [5.74, 6) is -2.73. The largest absolute Gasteiger partial charge is 0.312 e. The predicted octanol–water partition coefficient (Wildman–Crippen LogP) is 5.66. The number of hydrogen-bond donors (Lipinski definition) is 1. The second-order valence-corrected chi connectivity index (χ2v) is 6.05. The van der Waals surface area contributed by atoms with Gasteiger partial charge in [0.1, 0.15) is 0 Å². The minimum atomic E-state index is -3.00. The Morgan fingerprint density at radius 3 is 2.67 bits per heavy atom. The number of alkyl halides is 2. The van der Waals surface area contributed by atoms with Crippen LogP contribution in [0.1, 0.15) is 26.0 Å². The summed E-state index contributed by atoms with van der Waals surface area (Å²) in [6.07, 6.45) is 4.35. The van der Waals surface area contributed by atoms with Crippen molar-refractivity contribution in [3.05, 3.63) is 71.4 Å². The van der Waals surface area contributed by atoms with Gasteiger partial charge < -0.3 is 5.32 Å². The zero-order chi connectivity index (χ0) is 20.0. The van der Waals surface area contributed by atoms with Crippen molar-refractivity contribution >= 4 is 29.4 Å². The van der Waals surface area contributed by atoms with Gasteiger partial charge in [-0.1, -0.05) is 49.4 Å². The van der Waals surface area contributed by atoms with Crippen LogP contribution in [0.25, 0.3) is 11.3 Å². The highest BCUT2D eigenvalue weighted by atomic mass is 35.5. The van der Waals surface area contributed by atoms with E-state index in [1.54, 1.807) is 43.3 Å². The minimum Gasteiger partial charge on any atom is -0.312 e. The van der Waals surface area contributed by atoms with Crippen LogP contribution < -0.4 is 5.32 Å². The molecule has 0 unspecified atom stereocenters. The zero-order valence-electron chi connectivity index (χ0n) is 15.0. The second-order valence-electron chi connectivity index (χ2n) is 5.65.